The van der Waals surface area contributed by atoms with Crippen molar-refractivity contribution in [1.82, 2.24) is 25.1 Å². The number of benzene rings is 3. The van der Waals surface area contributed by atoms with Gasteiger partial charge < -0.3 is 19.4 Å². The van der Waals surface area contributed by atoms with E-state index in [2.05, 4.69) is 34.6 Å². The lowest BCUT2D eigenvalue weighted by atomic mass is 9.97. The van der Waals surface area contributed by atoms with E-state index in [1.54, 1.807) is 17.0 Å². The molecule has 7 nitrogen and oxygen atoms in total. The average molecular weight is 568 g/mol. The van der Waals surface area contributed by atoms with E-state index in [-0.39, 0.29) is 18.0 Å². The summed E-state index contributed by atoms with van der Waals surface area (Å²) in [5.74, 6) is 0.821. The third-order valence-corrected chi connectivity index (χ3v) is 8.33. The summed E-state index contributed by atoms with van der Waals surface area (Å²) >= 11 is 0. The van der Waals surface area contributed by atoms with Gasteiger partial charge in [-0.05, 0) is 84.7 Å². The highest BCUT2D eigenvalue weighted by Gasteiger charge is 2.24. The molecule has 2 N–H and O–H groups in total. The Labute approximate surface area is 245 Å². The van der Waals surface area contributed by atoms with Gasteiger partial charge in [-0.25, -0.2) is 9.37 Å². The molecular weight excluding hydrogens is 529 g/mol. The van der Waals surface area contributed by atoms with Crippen molar-refractivity contribution in [1.29, 1.82) is 0 Å². The van der Waals surface area contributed by atoms with Crippen LogP contribution < -0.4 is 5.32 Å². The molecule has 1 aliphatic carbocycles. The number of halogens is 1. The molecule has 2 aromatic heterocycles. The number of aliphatic hydroxyl groups excluding tert-OH is 1. The van der Waals surface area contributed by atoms with E-state index in [4.69, 9.17) is 9.40 Å². The molecule has 2 atom stereocenters. The Kier molecular flexibility index (Phi) is 8.44. The topological polar surface area (TPSA) is 89.0 Å². The second-order valence-corrected chi connectivity index (χ2v) is 11.5. The summed E-state index contributed by atoms with van der Waals surface area (Å²) in [4.78, 5) is 4.95. The van der Waals surface area contributed by atoms with Gasteiger partial charge in [0.05, 0.1) is 6.10 Å². The molecule has 0 unspecified atom stereocenters. The zero-order valence-electron chi connectivity index (χ0n) is 24.3. The molecule has 3 aromatic carbocycles. The number of hydrogen-bond donors (Lipinski definition) is 2. The molecule has 0 radical (unpaired) electrons. The molecular formula is C34H38FN5O2. The lowest BCUT2D eigenvalue weighted by Gasteiger charge is -2.16. The molecule has 5 aromatic rings. The molecule has 6 rings (SSSR count). The van der Waals surface area contributed by atoms with Crippen LogP contribution in [0.25, 0.3) is 45.1 Å². The lowest BCUT2D eigenvalue weighted by Crippen LogP contribution is -2.35. The molecule has 0 saturated heterocycles. The van der Waals surface area contributed by atoms with Gasteiger partial charge in [-0.2, -0.15) is 0 Å². The second kappa shape index (κ2) is 12.5. The van der Waals surface area contributed by atoms with E-state index >= 15 is 0 Å². The minimum absolute atomic E-state index is 0.141. The van der Waals surface area contributed by atoms with Crippen LogP contribution in [0, 0.1) is 5.82 Å². The van der Waals surface area contributed by atoms with Gasteiger partial charge in [0.15, 0.2) is 11.4 Å². The SMILES string of the molecule is CCCCCCc1cc(CN[C@@H]2CCC[C@@H]2O)cc2nc(-c3cccc(-c4ccc(F)cc4-c4nncn4C)c3)oc12. The number of aromatic nitrogens is 4. The van der Waals surface area contributed by atoms with Gasteiger partial charge in [0, 0.05) is 30.8 Å². The van der Waals surface area contributed by atoms with Crippen LogP contribution in [-0.4, -0.2) is 37.0 Å². The van der Waals surface area contributed by atoms with Crippen molar-refractivity contribution in [2.75, 3.05) is 0 Å². The van der Waals surface area contributed by atoms with E-state index in [1.165, 1.54) is 37.0 Å². The van der Waals surface area contributed by atoms with E-state index < -0.39 is 0 Å². The highest BCUT2D eigenvalue weighted by Crippen LogP contribution is 2.35. The van der Waals surface area contributed by atoms with Crippen LogP contribution in [0.15, 0.2) is 65.3 Å². The zero-order chi connectivity index (χ0) is 29.1. The quantitative estimate of drug-likeness (QED) is 0.164. The summed E-state index contributed by atoms with van der Waals surface area (Å²) in [5.41, 5.74) is 7.28. The number of oxazole rings is 1. The molecule has 0 spiro atoms. The largest absolute Gasteiger partial charge is 0.436 e. The monoisotopic (exact) mass is 567 g/mol. The maximum atomic E-state index is 14.3. The predicted molar refractivity (Wildman–Crippen MR) is 163 cm³/mol. The number of hydrogen-bond acceptors (Lipinski definition) is 6. The van der Waals surface area contributed by atoms with Crippen molar-refractivity contribution in [2.45, 2.75) is 77.0 Å². The fourth-order valence-electron chi connectivity index (χ4n) is 6.05. The summed E-state index contributed by atoms with van der Waals surface area (Å²) in [7, 11) is 1.85. The molecule has 0 aliphatic heterocycles. The number of nitrogens with zero attached hydrogens (tertiary/aromatic N) is 4. The first-order chi connectivity index (χ1) is 20.5. The second-order valence-electron chi connectivity index (χ2n) is 11.5. The molecule has 42 heavy (non-hydrogen) atoms. The molecule has 8 heteroatoms. The maximum absolute atomic E-state index is 14.3. The van der Waals surface area contributed by atoms with Crippen LogP contribution in [0.1, 0.15) is 63.0 Å². The summed E-state index contributed by atoms with van der Waals surface area (Å²) in [6.07, 6.45) is 9.89. The fraction of sp³-hybridized carbons (Fsp3) is 0.382. The first-order valence-electron chi connectivity index (χ1n) is 15.1. The maximum Gasteiger partial charge on any atom is 0.227 e. The van der Waals surface area contributed by atoms with Gasteiger partial charge in [0.25, 0.3) is 0 Å². The van der Waals surface area contributed by atoms with Crippen LogP contribution in [0.2, 0.25) is 0 Å². The summed E-state index contributed by atoms with van der Waals surface area (Å²) in [6.45, 7) is 2.91. The molecule has 0 bridgehead atoms. The minimum atomic E-state index is -0.328. The Morgan fingerprint density at radius 3 is 2.69 bits per heavy atom. The number of nitrogens with one attached hydrogen (secondary N) is 1. The highest BCUT2D eigenvalue weighted by atomic mass is 19.1. The lowest BCUT2D eigenvalue weighted by molar-refractivity contribution is 0.148. The third-order valence-electron chi connectivity index (χ3n) is 8.33. The van der Waals surface area contributed by atoms with Crippen LogP contribution in [0.3, 0.4) is 0 Å². The van der Waals surface area contributed by atoms with Gasteiger partial charge in [-0.15, -0.1) is 10.2 Å². The number of fused-ring (bicyclic) bond motifs is 1. The van der Waals surface area contributed by atoms with Crippen molar-refractivity contribution in [3.05, 3.63) is 77.9 Å². The first kappa shape index (κ1) is 28.2. The Morgan fingerprint density at radius 1 is 1.02 bits per heavy atom. The van der Waals surface area contributed by atoms with Crippen molar-refractivity contribution in [3.8, 4) is 34.0 Å². The van der Waals surface area contributed by atoms with Gasteiger partial charge in [-0.3, -0.25) is 0 Å². The van der Waals surface area contributed by atoms with Crippen LogP contribution in [0.4, 0.5) is 4.39 Å². The van der Waals surface area contributed by atoms with Crippen molar-refractivity contribution < 1.29 is 13.9 Å². The number of aliphatic hydroxyl groups is 1. The van der Waals surface area contributed by atoms with Crippen LogP contribution >= 0.6 is 0 Å². The third kappa shape index (κ3) is 6.01. The molecule has 1 saturated carbocycles. The molecule has 1 aliphatic rings. The van der Waals surface area contributed by atoms with Gasteiger partial charge in [-0.1, -0.05) is 50.5 Å². The number of aryl methyl sites for hydroxylation is 2. The fourth-order valence-corrected chi connectivity index (χ4v) is 6.05. The van der Waals surface area contributed by atoms with E-state index in [0.29, 0.717) is 23.8 Å². The number of rotatable bonds is 11. The zero-order valence-corrected chi connectivity index (χ0v) is 24.3. The first-order valence-corrected chi connectivity index (χ1v) is 15.1. The molecule has 0 amide bonds. The summed E-state index contributed by atoms with van der Waals surface area (Å²) in [6, 6.07) is 17.2. The van der Waals surface area contributed by atoms with Gasteiger partial charge in [0.2, 0.25) is 5.89 Å². The predicted octanol–water partition coefficient (Wildman–Crippen LogP) is 7.22. The van der Waals surface area contributed by atoms with Crippen molar-refractivity contribution in [3.63, 3.8) is 0 Å². The minimum Gasteiger partial charge on any atom is -0.436 e. The Hall–Kier alpha value is -3.88. The van der Waals surface area contributed by atoms with E-state index in [9.17, 15) is 9.50 Å². The average Bonchev–Trinajstić information content (AvgIpc) is 3.74. The normalized spacial score (nSPS) is 17.0. The summed E-state index contributed by atoms with van der Waals surface area (Å²) in [5, 5.41) is 22.0. The number of unbranched alkanes of at least 4 members (excludes halogenated alkanes) is 3. The molecule has 218 valence electrons. The van der Waals surface area contributed by atoms with Gasteiger partial charge >= 0.3 is 0 Å². The van der Waals surface area contributed by atoms with Crippen molar-refractivity contribution in [2.24, 2.45) is 7.05 Å². The molecule has 1 fully saturated rings. The van der Waals surface area contributed by atoms with Crippen LogP contribution in [-0.2, 0) is 20.0 Å². The highest BCUT2D eigenvalue weighted by molar-refractivity contribution is 5.84. The van der Waals surface area contributed by atoms with E-state index in [1.807, 2.05) is 31.3 Å². The van der Waals surface area contributed by atoms with E-state index in [0.717, 1.165) is 65.5 Å². The molecule has 2 heterocycles. The Bertz CT molecular complexity index is 1680. The smallest absolute Gasteiger partial charge is 0.227 e. The van der Waals surface area contributed by atoms with Crippen molar-refractivity contribution >= 4 is 11.1 Å². The Morgan fingerprint density at radius 2 is 1.90 bits per heavy atom. The standard InChI is InChI=1S/C34H38FN5O2/c1-3-4-5-6-9-24-16-22(20-36-29-12-8-13-31(29)41)17-30-32(24)42-34(38-30)25-11-7-10-23(18-25)27-15-14-26(35)19-28(27)33-39-37-21-40(33)2/h7,10-11,14-19,21,29,31,36,41H,3-6,8-9,12-13,20H2,1-2H3/t29-,31+/m1/s1. The Balaban J connectivity index is 1.34. The van der Waals surface area contributed by atoms with Gasteiger partial charge in [0.1, 0.15) is 17.7 Å². The van der Waals surface area contributed by atoms with Crippen LogP contribution in [0.5, 0.6) is 0 Å². The summed E-state index contributed by atoms with van der Waals surface area (Å²) < 4.78 is 22.6.